The molecule has 2 N–H and O–H groups in total. The maximum atomic E-state index is 13.1. The van der Waals surface area contributed by atoms with E-state index < -0.39 is 5.82 Å². The molecule has 1 aromatic carbocycles. The second kappa shape index (κ2) is 4.85. The summed E-state index contributed by atoms with van der Waals surface area (Å²) in [7, 11) is 1.84. The highest BCUT2D eigenvalue weighted by Gasteiger charge is 2.11. The Morgan fingerprint density at radius 3 is 2.88 bits per heavy atom. The first-order valence-corrected chi connectivity index (χ1v) is 5.67. The summed E-state index contributed by atoms with van der Waals surface area (Å²) in [6.45, 7) is 0.549. The summed E-state index contributed by atoms with van der Waals surface area (Å²) in [5, 5.41) is 4.45. The average molecular weight is 254 g/mol. The van der Waals surface area contributed by atoms with E-state index in [4.69, 9.17) is 17.3 Å². The summed E-state index contributed by atoms with van der Waals surface area (Å²) in [5.41, 5.74) is 8.20. The van der Waals surface area contributed by atoms with Gasteiger partial charge in [0, 0.05) is 18.8 Å². The molecule has 17 heavy (non-hydrogen) atoms. The molecule has 2 aromatic rings. The number of aryl methyl sites for hydroxylation is 1. The number of nitrogens with two attached hydrogens (primary N) is 1. The normalized spacial score (nSPS) is 10.8. The molecule has 5 heteroatoms. The average Bonchev–Trinajstić information content (AvgIpc) is 2.64. The quantitative estimate of drug-likeness (QED) is 0.913. The topological polar surface area (TPSA) is 43.8 Å². The Hall–Kier alpha value is -1.39. The predicted molar refractivity (Wildman–Crippen MR) is 66.4 cm³/mol. The molecule has 0 bridgehead atoms. The summed E-state index contributed by atoms with van der Waals surface area (Å²) in [6.07, 6.45) is 2.65. The van der Waals surface area contributed by atoms with E-state index in [2.05, 4.69) is 5.10 Å². The van der Waals surface area contributed by atoms with Crippen LogP contribution in [0.4, 0.5) is 4.39 Å². The molecule has 0 atom stereocenters. The molecule has 90 valence electrons. The van der Waals surface area contributed by atoms with Crippen LogP contribution in [-0.2, 0) is 13.5 Å². The van der Waals surface area contributed by atoms with Crippen molar-refractivity contribution in [2.45, 2.75) is 6.42 Å². The molecule has 0 aliphatic rings. The molecule has 1 heterocycles. The van der Waals surface area contributed by atoms with Crippen molar-refractivity contribution in [2.75, 3.05) is 6.54 Å². The molecule has 0 fully saturated rings. The van der Waals surface area contributed by atoms with Crippen LogP contribution in [0.3, 0.4) is 0 Å². The van der Waals surface area contributed by atoms with Crippen LogP contribution in [0.5, 0.6) is 0 Å². The van der Waals surface area contributed by atoms with Gasteiger partial charge in [-0.2, -0.15) is 5.10 Å². The van der Waals surface area contributed by atoms with Crippen LogP contribution in [0.1, 0.15) is 5.56 Å². The van der Waals surface area contributed by atoms with E-state index in [0.29, 0.717) is 6.54 Å². The third-order valence-corrected chi connectivity index (χ3v) is 2.80. The Morgan fingerprint density at radius 2 is 2.24 bits per heavy atom. The molecule has 0 saturated heterocycles. The van der Waals surface area contributed by atoms with Gasteiger partial charge in [0.2, 0.25) is 0 Å². The summed E-state index contributed by atoms with van der Waals surface area (Å²) >= 11 is 5.77. The third-order valence-electron chi connectivity index (χ3n) is 2.51. The minimum absolute atomic E-state index is 0.104. The van der Waals surface area contributed by atoms with Crippen LogP contribution in [0, 0.1) is 5.82 Å². The van der Waals surface area contributed by atoms with Gasteiger partial charge in [-0.25, -0.2) is 4.39 Å². The van der Waals surface area contributed by atoms with Crippen molar-refractivity contribution in [1.29, 1.82) is 0 Å². The second-order valence-corrected chi connectivity index (χ2v) is 4.25. The zero-order chi connectivity index (χ0) is 12.4. The number of benzene rings is 1. The standard InChI is InChI=1S/C12H13ClFN3/c1-17-7-9(4-5-15)12(16-17)8-2-3-11(14)10(13)6-8/h2-3,6-7H,4-5,15H2,1H3. The molecule has 0 unspecified atom stereocenters. The molecule has 0 radical (unpaired) electrons. The fourth-order valence-corrected chi connectivity index (χ4v) is 1.94. The van der Waals surface area contributed by atoms with Crippen LogP contribution in [0.25, 0.3) is 11.3 Å². The molecule has 0 aliphatic carbocycles. The first kappa shape index (κ1) is 12.1. The van der Waals surface area contributed by atoms with Crippen molar-refractivity contribution in [2.24, 2.45) is 12.8 Å². The molecule has 1 aromatic heterocycles. The smallest absolute Gasteiger partial charge is 0.141 e. The first-order chi connectivity index (χ1) is 8.11. The Balaban J connectivity index is 2.47. The highest BCUT2D eigenvalue weighted by Crippen LogP contribution is 2.26. The van der Waals surface area contributed by atoms with E-state index in [0.717, 1.165) is 23.2 Å². The zero-order valence-electron chi connectivity index (χ0n) is 9.45. The van der Waals surface area contributed by atoms with Gasteiger partial charge in [0.05, 0.1) is 10.7 Å². The van der Waals surface area contributed by atoms with E-state index in [-0.39, 0.29) is 5.02 Å². The van der Waals surface area contributed by atoms with Gasteiger partial charge in [0.15, 0.2) is 0 Å². The van der Waals surface area contributed by atoms with Gasteiger partial charge in [0.1, 0.15) is 5.82 Å². The lowest BCUT2D eigenvalue weighted by Gasteiger charge is -2.02. The van der Waals surface area contributed by atoms with E-state index in [1.54, 1.807) is 16.8 Å². The molecule has 0 spiro atoms. The minimum Gasteiger partial charge on any atom is -0.330 e. The Bertz CT molecular complexity index is 537. The van der Waals surface area contributed by atoms with Gasteiger partial charge >= 0.3 is 0 Å². The molecular formula is C12H13ClFN3. The Morgan fingerprint density at radius 1 is 1.47 bits per heavy atom. The number of halogens is 2. The number of hydrogen-bond donors (Lipinski definition) is 1. The molecule has 3 nitrogen and oxygen atoms in total. The second-order valence-electron chi connectivity index (χ2n) is 3.84. The van der Waals surface area contributed by atoms with Crippen molar-refractivity contribution in [3.63, 3.8) is 0 Å². The molecule has 0 saturated carbocycles. The van der Waals surface area contributed by atoms with Gasteiger partial charge in [-0.05, 0) is 36.7 Å². The van der Waals surface area contributed by atoms with Gasteiger partial charge in [0.25, 0.3) is 0 Å². The highest BCUT2D eigenvalue weighted by atomic mass is 35.5. The van der Waals surface area contributed by atoms with Crippen LogP contribution < -0.4 is 5.73 Å². The van der Waals surface area contributed by atoms with Gasteiger partial charge < -0.3 is 5.73 Å². The number of aromatic nitrogens is 2. The third kappa shape index (κ3) is 2.48. The first-order valence-electron chi connectivity index (χ1n) is 5.30. The maximum Gasteiger partial charge on any atom is 0.141 e. The molecular weight excluding hydrogens is 241 g/mol. The van der Waals surface area contributed by atoms with Crippen LogP contribution in [0.15, 0.2) is 24.4 Å². The van der Waals surface area contributed by atoms with Crippen molar-refractivity contribution < 1.29 is 4.39 Å². The largest absolute Gasteiger partial charge is 0.330 e. The minimum atomic E-state index is -0.424. The lowest BCUT2D eigenvalue weighted by atomic mass is 10.1. The van der Waals surface area contributed by atoms with Gasteiger partial charge in [-0.3, -0.25) is 4.68 Å². The fraction of sp³-hybridized carbons (Fsp3) is 0.250. The zero-order valence-corrected chi connectivity index (χ0v) is 10.2. The lowest BCUT2D eigenvalue weighted by Crippen LogP contribution is -2.02. The van der Waals surface area contributed by atoms with Crippen molar-refractivity contribution in [3.05, 3.63) is 40.8 Å². The van der Waals surface area contributed by atoms with Crippen LogP contribution in [0.2, 0.25) is 5.02 Å². The van der Waals surface area contributed by atoms with Gasteiger partial charge in [-0.1, -0.05) is 11.6 Å². The lowest BCUT2D eigenvalue weighted by molar-refractivity contribution is 0.628. The number of hydrogen-bond acceptors (Lipinski definition) is 2. The van der Waals surface area contributed by atoms with Crippen LogP contribution >= 0.6 is 11.6 Å². The van der Waals surface area contributed by atoms with Crippen molar-refractivity contribution in [1.82, 2.24) is 9.78 Å². The summed E-state index contributed by atoms with van der Waals surface area (Å²) in [5.74, 6) is -0.424. The van der Waals surface area contributed by atoms with Crippen LogP contribution in [-0.4, -0.2) is 16.3 Å². The fourth-order valence-electron chi connectivity index (χ4n) is 1.76. The Labute approximate surface area is 104 Å². The Kier molecular flexibility index (Phi) is 3.45. The number of nitrogens with zero attached hydrogens (tertiary/aromatic N) is 2. The summed E-state index contributed by atoms with van der Waals surface area (Å²) in [6, 6.07) is 4.60. The van der Waals surface area contributed by atoms with Crippen molar-refractivity contribution >= 4 is 11.6 Å². The monoisotopic (exact) mass is 253 g/mol. The molecule has 0 amide bonds. The predicted octanol–water partition coefficient (Wildman–Crippen LogP) is 2.38. The van der Waals surface area contributed by atoms with E-state index in [1.807, 2.05) is 13.2 Å². The molecule has 2 rings (SSSR count). The van der Waals surface area contributed by atoms with E-state index >= 15 is 0 Å². The van der Waals surface area contributed by atoms with E-state index in [9.17, 15) is 4.39 Å². The summed E-state index contributed by atoms with van der Waals surface area (Å²) < 4.78 is 14.8. The summed E-state index contributed by atoms with van der Waals surface area (Å²) in [4.78, 5) is 0. The SMILES string of the molecule is Cn1cc(CCN)c(-c2ccc(F)c(Cl)c2)n1. The van der Waals surface area contributed by atoms with E-state index in [1.165, 1.54) is 6.07 Å². The maximum absolute atomic E-state index is 13.1. The highest BCUT2D eigenvalue weighted by molar-refractivity contribution is 6.31. The molecule has 0 aliphatic heterocycles. The number of rotatable bonds is 3. The van der Waals surface area contributed by atoms with Crippen molar-refractivity contribution in [3.8, 4) is 11.3 Å². The van der Waals surface area contributed by atoms with Gasteiger partial charge in [-0.15, -0.1) is 0 Å².